The fraction of sp³-hybridized carbons (Fsp3) is 0.250. The number of aliphatic hydroxyl groups is 1. The summed E-state index contributed by atoms with van der Waals surface area (Å²) in [5.74, 6) is 1.14. The molecule has 3 aromatic rings. The lowest BCUT2D eigenvalue weighted by molar-refractivity contribution is 0.294. The highest BCUT2D eigenvalue weighted by atomic mass is 35.5. The lowest BCUT2D eigenvalue weighted by Crippen LogP contribution is -2.09. The van der Waals surface area contributed by atoms with E-state index in [0.29, 0.717) is 29.7 Å². The molecule has 0 amide bonds. The molecule has 0 aliphatic carbocycles. The molecule has 0 radical (unpaired) electrons. The molecule has 2 heterocycles. The van der Waals surface area contributed by atoms with E-state index in [1.807, 2.05) is 30.3 Å². The van der Waals surface area contributed by atoms with Gasteiger partial charge in [-0.2, -0.15) is 0 Å². The van der Waals surface area contributed by atoms with Crippen molar-refractivity contribution in [3.63, 3.8) is 0 Å². The predicted molar refractivity (Wildman–Crippen MR) is 88.9 cm³/mol. The Balaban J connectivity index is 1.96. The van der Waals surface area contributed by atoms with E-state index in [9.17, 15) is 0 Å². The standard InChI is InChI=1S/C16H16ClN5O2/c1-24-16-14(12-3-2-4-13(17)8-12)7-11(9-18-16)10-22-15(5-6-23)19-20-21-22/h2-4,7-9,23H,5-6,10H2,1H3. The van der Waals surface area contributed by atoms with E-state index < -0.39 is 0 Å². The Morgan fingerprint density at radius 3 is 2.92 bits per heavy atom. The molecule has 1 aromatic carbocycles. The number of hydrogen-bond acceptors (Lipinski definition) is 6. The predicted octanol–water partition coefficient (Wildman–Crippen LogP) is 1.98. The molecule has 1 N–H and O–H groups in total. The molecule has 0 saturated heterocycles. The quantitative estimate of drug-likeness (QED) is 0.735. The molecule has 24 heavy (non-hydrogen) atoms. The van der Waals surface area contributed by atoms with Crippen LogP contribution in [0.2, 0.25) is 5.02 Å². The molecule has 3 rings (SSSR count). The van der Waals surface area contributed by atoms with E-state index >= 15 is 0 Å². The Morgan fingerprint density at radius 1 is 1.29 bits per heavy atom. The third-order valence-corrected chi connectivity index (χ3v) is 3.75. The van der Waals surface area contributed by atoms with Crippen molar-refractivity contribution in [3.05, 3.63) is 52.9 Å². The molecule has 0 spiro atoms. The van der Waals surface area contributed by atoms with Crippen LogP contribution < -0.4 is 4.74 Å². The van der Waals surface area contributed by atoms with Gasteiger partial charge >= 0.3 is 0 Å². The van der Waals surface area contributed by atoms with Crippen LogP contribution in [0.25, 0.3) is 11.1 Å². The number of benzene rings is 1. The van der Waals surface area contributed by atoms with Crippen LogP contribution in [0.3, 0.4) is 0 Å². The molecular weight excluding hydrogens is 330 g/mol. The Morgan fingerprint density at radius 2 is 2.17 bits per heavy atom. The van der Waals surface area contributed by atoms with Crippen molar-refractivity contribution in [1.29, 1.82) is 0 Å². The first kappa shape index (κ1) is 16.4. The second kappa shape index (κ2) is 7.37. The highest BCUT2D eigenvalue weighted by Crippen LogP contribution is 2.30. The molecule has 2 aromatic heterocycles. The molecular formula is C16H16ClN5O2. The number of tetrazole rings is 1. The highest BCUT2D eigenvalue weighted by molar-refractivity contribution is 6.30. The van der Waals surface area contributed by atoms with Gasteiger partial charge in [0, 0.05) is 23.2 Å². The molecule has 0 unspecified atom stereocenters. The number of hydrogen-bond donors (Lipinski definition) is 1. The summed E-state index contributed by atoms with van der Waals surface area (Å²) in [5, 5.41) is 21.2. The Labute approximate surface area is 143 Å². The van der Waals surface area contributed by atoms with Gasteiger partial charge in [-0.1, -0.05) is 23.7 Å². The van der Waals surface area contributed by atoms with Gasteiger partial charge < -0.3 is 9.84 Å². The third-order valence-electron chi connectivity index (χ3n) is 3.51. The van der Waals surface area contributed by atoms with E-state index in [1.165, 1.54) is 0 Å². The molecule has 0 saturated carbocycles. The summed E-state index contributed by atoms with van der Waals surface area (Å²) in [6.45, 7) is 0.446. The second-order valence-corrected chi connectivity index (χ2v) is 5.57. The topological polar surface area (TPSA) is 86.0 Å². The van der Waals surface area contributed by atoms with Gasteiger partial charge in [-0.25, -0.2) is 9.67 Å². The normalized spacial score (nSPS) is 10.8. The van der Waals surface area contributed by atoms with Gasteiger partial charge in [-0.05, 0) is 39.8 Å². The van der Waals surface area contributed by atoms with Crippen LogP contribution >= 0.6 is 11.6 Å². The largest absolute Gasteiger partial charge is 0.481 e. The molecule has 0 aliphatic heterocycles. The Bertz CT molecular complexity index is 837. The first-order valence-corrected chi connectivity index (χ1v) is 7.74. The summed E-state index contributed by atoms with van der Waals surface area (Å²) in [6, 6.07) is 9.48. The zero-order chi connectivity index (χ0) is 16.9. The van der Waals surface area contributed by atoms with Crippen molar-refractivity contribution in [2.24, 2.45) is 0 Å². The molecule has 0 bridgehead atoms. The number of aliphatic hydroxyl groups excluding tert-OH is 1. The van der Waals surface area contributed by atoms with E-state index in [-0.39, 0.29) is 6.61 Å². The summed E-state index contributed by atoms with van der Waals surface area (Å²) < 4.78 is 7.00. The zero-order valence-corrected chi connectivity index (χ0v) is 13.8. The third kappa shape index (κ3) is 3.52. The van der Waals surface area contributed by atoms with Crippen LogP contribution in [-0.4, -0.2) is 44.0 Å². The van der Waals surface area contributed by atoms with Gasteiger partial charge in [0.25, 0.3) is 0 Å². The van der Waals surface area contributed by atoms with Crippen LogP contribution in [0.5, 0.6) is 5.88 Å². The number of ether oxygens (including phenoxy) is 1. The van der Waals surface area contributed by atoms with Crippen LogP contribution in [0, 0.1) is 0 Å². The summed E-state index contributed by atoms with van der Waals surface area (Å²) in [7, 11) is 1.58. The van der Waals surface area contributed by atoms with Crippen molar-refractivity contribution in [3.8, 4) is 17.0 Å². The number of nitrogens with zero attached hydrogens (tertiary/aromatic N) is 5. The minimum absolute atomic E-state index is 0.00496. The molecule has 7 nitrogen and oxygen atoms in total. The smallest absolute Gasteiger partial charge is 0.221 e. The van der Waals surface area contributed by atoms with E-state index in [2.05, 4.69) is 20.5 Å². The monoisotopic (exact) mass is 345 g/mol. The minimum atomic E-state index is -0.00496. The lowest BCUT2D eigenvalue weighted by atomic mass is 10.1. The van der Waals surface area contributed by atoms with Gasteiger partial charge in [-0.3, -0.25) is 0 Å². The van der Waals surface area contributed by atoms with E-state index in [4.69, 9.17) is 21.4 Å². The van der Waals surface area contributed by atoms with Crippen LogP contribution in [0.15, 0.2) is 36.5 Å². The van der Waals surface area contributed by atoms with E-state index in [1.54, 1.807) is 18.0 Å². The zero-order valence-electron chi connectivity index (χ0n) is 13.1. The first-order chi connectivity index (χ1) is 11.7. The van der Waals surface area contributed by atoms with Crippen molar-refractivity contribution in [2.75, 3.05) is 13.7 Å². The lowest BCUT2D eigenvalue weighted by Gasteiger charge is -2.11. The summed E-state index contributed by atoms with van der Waals surface area (Å²) >= 11 is 6.09. The van der Waals surface area contributed by atoms with Gasteiger partial charge in [0.15, 0.2) is 5.82 Å². The molecule has 8 heteroatoms. The van der Waals surface area contributed by atoms with E-state index in [0.717, 1.165) is 16.7 Å². The first-order valence-electron chi connectivity index (χ1n) is 7.36. The fourth-order valence-electron chi connectivity index (χ4n) is 2.41. The van der Waals surface area contributed by atoms with Crippen LogP contribution in [0.4, 0.5) is 0 Å². The second-order valence-electron chi connectivity index (χ2n) is 5.14. The maximum Gasteiger partial charge on any atom is 0.221 e. The maximum absolute atomic E-state index is 9.07. The van der Waals surface area contributed by atoms with Crippen molar-refractivity contribution in [1.82, 2.24) is 25.2 Å². The molecule has 124 valence electrons. The fourth-order valence-corrected chi connectivity index (χ4v) is 2.60. The van der Waals surface area contributed by atoms with Gasteiger partial charge in [-0.15, -0.1) is 5.10 Å². The molecule has 0 aliphatic rings. The Kier molecular flexibility index (Phi) is 5.02. The number of rotatable bonds is 6. The summed E-state index contributed by atoms with van der Waals surface area (Å²) in [6.07, 6.45) is 2.12. The Hall–Kier alpha value is -2.51. The minimum Gasteiger partial charge on any atom is -0.481 e. The molecule has 0 atom stereocenters. The van der Waals surface area contributed by atoms with Gasteiger partial charge in [0.2, 0.25) is 5.88 Å². The van der Waals surface area contributed by atoms with Crippen LogP contribution in [-0.2, 0) is 13.0 Å². The number of halogens is 1. The highest BCUT2D eigenvalue weighted by Gasteiger charge is 2.12. The molecule has 0 fully saturated rings. The SMILES string of the molecule is COc1ncc(Cn2nnnc2CCO)cc1-c1cccc(Cl)c1. The van der Waals surface area contributed by atoms with Crippen LogP contribution in [0.1, 0.15) is 11.4 Å². The van der Waals surface area contributed by atoms with Crippen molar-refractivity contribution < 1.29 is 9.84 Å². The number of methoxy groups -OCH3 is 1. The van der Waals surface area contributed by atoms with Gasteiger partial charge in [0.05, 0.1) is 20.3 Å². The number of aromatic nitrogens is 5. The maximum atomic E-state index is 9.07. The number of pyridine rings is 1. The average Bonchev–Trinajstić information content (AvgIpc) is 3.02. The van der Waals surface area contributed by atoms with Crippen molar-refractivity contribution in [2.45, 2.75) is 13.0 Å². The van der Waals surface area contributed by atoms with Crippen molar-refractivity contribution >= 4 is 11.6 Å². The van der Waals surface area contributed by atoms with Gasteiger partial charge in [0.1, 0.15) is 0 Å². The average molecular weight is 346 g/mol. The summed E-state index contributed by atoms with van der Waals surface area (Å²) in [4.78, 5) is 4.36. The summed E-state index contributed by atoms with van der Waals surface area (Å²) in [5.41, 5.74) is 2.67.